The molecule has 104 valence electrons. The highest BCUT2D eigenvalue weighted by Crippen LogP contribution is 2.25. The minimum atomic E-state index is -1.23. The second-order valence-electron chi connectivity index (χ2n) is 4.70. The van der Waals surface area contributed by atoms with Crippen molar-refractivity contribution in [3.05, 3.63) is 35.1 Å². The smallest absolute Gasteiger partial charge is 0.257 e. The molecule has 1 aromatic rings. The maximum absolute atomic E-state index is 13.4. The fraction of sp³-hybridized carbons (Fsp3) is 0.462. The summed E-state index contributed by atoms with van der Waals surface area (Å²) in [6.07, 6.45) is 2.25. The molecule has 1 aliphatic carbocycles. The lowest BCUT2D eigenvalue weighted by Crippen LogP contribution is -2.39. The van der Waals surface area contributed by atoms with Gasteiger partial charge in [0.25, 0.3) is 5.91 Å². The molecule has 1 fully saturated rings. The first-order chi connectivity index (χ1) is 9.02. The second-order valence-corrected chi connectivity index (χ2v) is 4.70. The molecule has 0 aromatic heterocycles. The molecule has 1 saturated carbocycles. The molecule has 0 bridgehead atoms. The number of hydrogen-bond acceptors (Lipinski definition) is 2. The number of aliphatic hydroxyl groups excluding tert-OH is 1. The van der Waals surface area contributed by atoms with Crippen LogP contribution in [0.15, 0.2) is 12.1 Å². The highest BCUT2D eigenvalue weighted by Gasteiger charge is 2.29. The van der Waals surface area contributed by atoms with E-state index in [9.17, 15) is 18.0 Å². The molecule has 1 aliphatic rings. The van der Waals surface area contributed by atoms with E-state index < -0.39 is 28.9 Å². The third-order valence-corrected chi connectivity index (χ3v) is 3.44. The number of nitrogens with one attached hydrogen (secondary N) is 1. The second kappa shape index (κ2) is 5.61. The molecule has 0 radical (unpaired) electrons. The first-order valence-electron chi connectivity index (χ1n) is 6.09. The first-order valence-corrected chi connectivity index (χ1v) is 6.09. The van der Waals surface area contributed by atoms with Crippen molar-refractivity contribution in [2.45, 2.75) is 25.3 Å². The summed E-state index contributed by atoms with van der Waals surface area (Å²) in [6.45, 7) is -0.0840. The molecule has 0 aliphatic heterocycles. The van der Waals surface area contributed by atoms with Gasteiger partial charge in [0, 0.05) is 30.7 Å². The zero-order valence-corrected chi connectivity index (χ0v) is 10.1. The van der Waals surface area contributed by atoms with Crippen molar-refractivity contribution < 1.29 is 23.1 Å². The summed E-state index contributed by atoms with van der Waals surface area (Å²) in [5.74, 6) is -4.54. The molecule has 2 N–H and O–H groups in total. The van der Waals surface area contributed by atoms with Crippen LogP contribution >= 0.6 is 0 Å². The number of carbonyl (C=O) groups excluding carboxylic acids is 1. The molecule has 1 aromatic carbocycles. The molecule has 0 spiro atoms. The normalized spacial score (nSPS) is 22.5. The molecule has 0 heterocycles. The van der Waals surface area contributed by atoms with E-state index in [0.29, 0.717) is 18.6 Å². The van der Waals surface area contributed by atoms with Gasteiger partial charge in [0.1, 0.15) is 23.0 Å². The van der Waals surface area contributed by atoms with Crippen molar-refractivity contribution in [1.82, 2.24) is 5.32 Å². The number of rotatable bonds is 3. The summed E-state index contributed by atoms with van der Waals surface area (Å²) >= 11 is 0. The lowest BCUT2D eigenvalue weighted by Gasteiger charge is -2.19. The van der Waals surface area contributed by atoms with Crippen LogP contribution in [0.3, 0.4) is 0 Å². The van der Waals surface area contributed by atoms with E-state index in [-0.39, 0.29) is 18.6 Å². The van der Waals surface area contributed by atoms with Gasteiger partial charge in [-0.1, -0.05) is 6.42 Å². The molecule has 2 atom stereocenters. The quantitative estimate of drug-likeness (QED) is 0.885. The summed E-state index contributed by atoms with van der Waals surface area (Å²) in [5.41, 5.74) is -0.787. The molecule has 19 heavy (non-hydrogen) atoms. The van der Waals surface area contributed by atoms with Gasteiger partial charge in [-0.3, -0.25) is 4.79 Å². The van der Waals surface area contributed by atoms with Crippen molar-refractivity contribution in [2.24, 2.45) is 5.92 Å². The van der Waals surface area contributed by atoms with Gasteiger partial charge in [0.2, 0.25) is 0 Å². The van der Waals surface area contributed by atoms with Gasteiger partial charge >= 0.3 is 0 Å². The lowest BCUT2D eigenvalue weighted by atomic mass is 10.0. The number of hydrogen-bond donors (Lipinski definition) is 2. The third kappa shape index (κ3) is 2.89. The van der Waals surface area contributed by atoms with Gasteiger partial charge in [0.15, 0.2) is 0 Å². The number of benzene rings is 1. The van der Waals surface area contributed by atoms with Gasteiger partial charge in [-0.25, -0.2) is 13.2 Å². The van der Waals surface area contributed by atoms with E-state index >= 15 is 0 Å². The van der Waals surface area contributed by atoms with Crippen molar-refractivity contribution >= 4 is 5.91 Å². The minimum Gasteiger partial charge on any atom is -0.396 e. The zero-order chi connectivity index (χ0) is 14.0. The van der Waals surface area contributed by atoms with Crippen LogP contribution in [-0.4, -0.2) is 23.7 Å². The number of halogens is 3. The Morgan fingerprint density at radius 2 is 1.89 bits per heavy atom. The Morgan fingerprint density at radius 1 is 1.26 bits per heavy atom. The molecule has 3 nitrogen and oxygen atoms in total. The molecule has 6 heteroatoms. The summed E-state index contributed by atoms with van der Waals surface area (Å²) < 4.78 is 39.6. The van der Waals surface area contributed by atoms with E-state index in [4.69, 9.17) is 5.11 Å². The number of aliphatic hydroxyl groups is 1. The van der Waals surface area contributed by atoms with E-state index in [0.717, 1.165) is 12.8 Å². The first kappa shape index (κ1) is 13.9. The monoisotopic (exact) mass is 273 g/mol. The molecule has 1 amide bonds. The van der Waals surface area contributed by atoms with E-state index in [1.54, 1.807) is 0 Å². The summed E-state index contributed by atoms with van der Waals surface area (Å²) in [4.78, 5) is 11.8. The number of carbonyl (C=O) groups is 1. The average Bonchev–Trinajstić information content (AvgIpc) is 2.74. The maximum atomic E-state index is 13.4. The van der Waals surface area contributed by atoms with Crippen LogP contribution in [0.25, 0.3) is 0 Å². The van der Waals surface area contributed by atoms with Crippen molar-refractivity contribution in [1.29, 1.82) is 0 Å². The Labute approximate surface area is 108 Å². The Bertz CT molecular complexity index is 470. The highest BCUT2D eigenvalue weighted by molar-refractivity contribution is 5.95. The topological polar surface area (TPSA) is 49.3 Å². The number of amides is 1. The van der Waals surface area contributed by atoms with E-state index in [1.165, 1.54) is 0 Å². The predicted octanol–water partition coefficient (Wildman–Crippen LogP) is 1.99. The van der Waals surface area contributed by atoms with Crippen molar-refractivity contribution in [2.75, 3.05) is 6.61 Å². The minimum absolute atomic E-state index is 0.0840. The Hall–Kier alpha value is -1.56. The molecular formula is C13H14F3NO2. The average molecular weight is 273 g/mol. The van der Waals surface area contributed by atoms with Gasteiger partial charge in [-0.15, -0.1) is 0 Å². The summed E-state index contributed by atoms with van der Waals surface area (Å²) in [6, 6.07) is 0.633. The van der Waals surface area contributed by atoms with Crippen molar-refractivity contribution in [3.8, 4) is 0 Å². The van der Waals surface area contributed by atoms with Gasteiger partial charge in [-0.05, 0) is 12.8 Å². The van der Waals surface area contributed by atoms with Crippen LogP contribution in [0.1, 0.15) is 29.6 Å². The SMILES string of the molecule is O=C(NC1CCCC1CO)c1c(F)cc(F)cc1F. The highest BCUT2D eigenvalue weighted by atomic mass is 19.1. The van der Waals surface area contributed by atoms with E-state index in [2.05, 4.69) is 5.32 Å². The fourth-order valence-corrected chi connectivity index (χ4v) is 2.45. The Balaban J connectivity index is 2.16. The van der Waals surface area contributed by atoms with Gasteiger partial charge in [-0.2, -0.15) is 0 Å². The van der Waals surface area contributed by atoms with Gasteiger partial charge < -0.3 is 10.4 Å². The van der Waals surface area contributed by atoms with E-state index in [1.807, 2.05) is 0 Å². The Kier molecular flexibility index (Phi) is 4.09. The molecule has 0 saturated heterocycles. The zero-order valence-electron chi connectivity index (χ0n) is 10.1. The summed E-state index contributed by atoms with van der Waals surface area (Å²) in [7, 11) is 0. The van der Waals surface area contributed by atoms with Crippen LogP contribution in [0, 0.1) is 23.4 Å². The standard InChI is InChI=1S/C13H14F3NO2/c14-8-4-9(15)12(10(16)5-8)13(19)17-11-3-1-2-7(11)6-18/h4-5,7,11,18H,1-3,6H2,(H,17,19). The van der Waals surface area contributed by atoms with Crippen molar-refractivity contribution in [3.63, 3.8) is 0 Å². The Morgan fingerprint density at radius 3 is 2.47 bits per heavy atom. The predicted molar refractivity (Wildman–Crippen MR) is 62.0 cm³/mol. The van der Waals surface area contributed by atoms with Crippen LogP contribution in [0.4, 0.5) is 13.2 Å². The van der Waals surface area contributed by atoms with Crippen LogP contribution in [0.5, 0.6) is 0 Å². The lowest BCUT2D eigenvalue weighted by molar-refractivity contribution is 0.0907. The third-order valence-electron chi connectivity index (χ3n) is 3.44. The summed E-state index contributed by atoms with van der Waals surface area (Å²) in [5, 5.41) is 11.6. The van der Waals surface area contributed by atoms with Crippen LogP contribution < -0.4 is 5.32 Å². The van der Waals surface area contributed by atoms with Gasteiger partial charge in [0.05, 0.1) is 0 Å². The fourth-order valence-electron chi connectivity index (χ4n) is 2.45. The largest absolute Gasteiger partial charge is 0.396 e. The molecular weight excluding hydrogens is 259 g/mol. The maximum Gasteiger partial charge on any atom is 0.257 e. The van der Waals surface area contributed by atoms with Crippen LogP contribution in [-0.2, 0) is 0 Å². The van der Waals surface area contributed by atoms with Crippen LogP contribution in [0.2, 0.25) is 0 Å². The molecule has 2 unspecified atom stereocenters. The molecule has 2 rings (SSSR count).